The van der Waals surface area contributed by atoms with E-state index in [2.05, 4.69) is 128 Å². The van der Waals surface area contributed by atoms with Gasteiger partial charge in [0.2, 0.25) is 0 Å². The predicted molar refractivity (Wildman–Crippen MR) is 198 cm³/mol. The second-order valence-electron chi connectivity index (χ2n) is 12.6. The molecule has 51 heavy (non-hydrogen) atoms. The van der Waals surface area contributed by atoms with Gasteiger partial charge in [0.15, 0.2) is 17.3 Å². The quantitative estimate of drug-likeness (QED) is 0.145. The van der Waals surface area contributed by atoms with Crippen molar-refractivity contribution in [1.29, 1.82) is 0 Å². The highest BCUT2D eigenvalue weighted by Gasteiger charge is 2.42. The SMILES string of the molecule is CCc1nc2c(CC)c(CO)n(Cc3ccc(-c4ccccc4-c4nnnn4C(c4ccccc4)(c4ccccc4)c4ccccc4)cc3)n2n1. The Labute approximate surface area is 296 Å². The van der Waals surface area contributed by atoms with Crippen molar-refractivity contribution in [2.75, 3.05) is 0 Å². The number of hydrogen-bond acceptors (Lipinski definition) is 6. The predicted octanol–water partition coefficient (Wildman–Crippen LogP) is 7.36. The van der Waals surface area contributed by atoms with Gasteiger partial charge in [0.1, 0.15) is 5.54 Å². The van der Waals surface area contributed by atoms with E-state index in [0.29, 0.717) is 12.4 Å². The number of rotatable bonds is 11. The van der Waals surface area contributed by atoms with Crippen molar-refractivity contribution < 1.29 is 5.11 Å². The fourth-order valence-electron chi connectivity index (χ4n) is 7.33. The van der Waals surface area contributed by atoms with E-state index >= 15 is 0 Å². The molecule has 0 aliphatic rings. The van der Waals surface area contributed by atoms with Gasteiger partial charge in [-0.15, -0.1) is 10.2 Å². The molecular formula is C42H38N8O. The van der Waals surface area contributed by atoms with Crippen molar-refractivity contribution in [3.8, 4) is 22.5 Å². The monoisotopic (exact) mass is 670 g/mol. The lowest BCUT2D eigenvalue weighted by molar-refractivity contribution is 0.265. The molecule has 0 saturated carbocycles. The van der Waals surface area contributed by atoms with Gasteiger partial charge in [-0.1, -0.05) is 153 Å². The molecule has 3 heterocycles. The van der Waals surface area contributed by atoms with Crippen molar-refractivity contribution >= 4 is 5.65 Å². The first-order valence-corrected chi connectivity index (χ1v) is 17.4. The van der Waals surface area contributed by atoms with Gasteiger partial charge in [0.25, 0.3) is 0 Å². The van der Waals surface area contributed by atoms with Crippen LogP contribution in [0.15, 0.2) is 140 Å². The molecule has 0 unspecified atom stereocenters. The summed E-state index contributed by atoms with van der Waals surface area (Å²) in [7, 11) is 0. The molecule has 0 atom stereocenters. The van der Waals surface area contributed by atoms with Gasteiger partial charge in [-0.2, -0.15) is 4.63 Å². The Balaban J connectivity index is 1.24. The average molecular weight is 671 g/mol. The zero-order valence-electron chi connectivity index (χ0n) is 28.6. The first-order valence-electron chi connectivity index (χ1n) is 17.4. The Morgan fingerprint density at radius 2 is 1.22 bits per heavy atom. The summed E-state index contributed by atoms with van der Waals surface area (Å²) in [5.74, 6) is 1.45. The minimum absolute atomic E-state index is 0.0771. The van der Waals surface area contributed by atoms with E-state index < -0.39 is 5.54 Å². The third-order valence-electron chi connectivity index (χ3n) is 9.74. The van der Waals surface area contributed by atoms with Crippen LogP contribution in [-0.2, 0) is 31.5 Å². The molecule has 0 bridgehead atoms. The highest BCUT2D eigenvalue weighted by Crippen LogP contribution is 2.43. The first-order chi connectivity index (χ1) is 25.2. The number of aliphatic hydroxyl groups is 1. The number of aryl methyl sites for hydroxylation is 2. The fraction of sp³-hybridized carbons (Fsp3) is 0.167. The molecule has 5 aromatic carbocycles. The van der Waals surface area contributed by atoms with Crippen LogP contribution in [-0.4, -0.2) is 44.7 Å². The molecule has 3 aromatic heterocycles. The van der Waals surface area contributed by atoms with Crippen LogP contribution in [0.2, 0.25) is 0 Å². The van der Waals surface area contributed by atoms with Crippen LogP contribution in [0.5, 0.6) is 0 Å². The van der Waals surface area contributed by atoms with Gasteiger partial charge in [-0.3, -0.25) is 4.68 Å². The van der Waals surface area contributed by atoms with Gasteiger partial charge < -0.3 is 5.11 Å². The summed E-state index contributed by atoms with van der Waals surface area (Å²) in [5, 5.41) is 28.9. The number of aliphatic hydroxyl groups excluding tert-OH is 1. The minimum Gasteiger partial charge on any atom is -0.390 e. The summed E-state index contributed by atoms with van der Waals surface area (Å²) in [6, 6.07) is 48.1. The minimum atomic E-state index is -0.859. The summed E-state index contributed by atoms with van der Waals surface area (Å²) in [4.78, 5) is 4.74. The third kappa shape index (κ3) is 5.43. The third-order valence-corrected chi connectivity index (χ3v) is 9.74. The van der Waals surface area contributed by atoms with Crippen molar-refractivity contribution in [1.82, 2.24) is 39.6 Å². The molecule has 0 aliphatic heterocycles. The van der Waals surface area contributed by atoms with Crippen molar-refractivity contribution in [3.63, 3.8) is 0 Å². The maximum Gasteiger partial charge on any atom is 0.184 e. The Hall–Kier alpha value is -6.19. The van der Waals surface area contributed by atoms with E-state index in [4.69, 9.17) is 20.4 Å². The fourth-order valence-corrected chi connectivity index (χ4v) is 7.33. The van der Waals surface area contributed by atoms with Gasteiger partial charge in [-0.25, -0.2) is 9.67 Å². The normalized spacial score (nSPS) is 11.7. The number of aromatic nitrogens is 8. The van der Waals surface area contributed by atoms with Crippen LogP contribution >= 0.6 is 0 Å². The zero-order chi connectivity index (χ0) is 34.8. The number of hydrogen-bond donors (Lipinski definition) is 1. The van der Waals surface area contributed by atoms with E-state index in [-0.39, 0.29) is 6.61 Å². The summed E-state index contributed by atoms with van der Waals surface area (Å²) in [6.45, 7) is 4.61. The lowest BCUT2D eigenvalue weighted by atomic mass is 9.77. The molecule has 9 heteroatoms. The van der Waals surface area contributed by atoms with Gasteiger partial charge >= 0.3 is 0 Å². The maximum atomic E-state index is 10.4. The molecular weight excluding hydrogens is 633 g/mol. The smallest absolute Gasteiger partial charge is 0.184 e. The zero-order valence-corrected chi connectivity index (χ0v) is 28.6. The molecule has 0 aliphatic carbocycles. The van der Waals surface area contributed by atoms with Crippen LogP contribution < -0.4 is 0 Å². The molecule has 0 fully saturated rings. The molecule has 252 valence electrons. The number of tetrazole rings is 1. The van der Waals surface area contributed by atoms with E-state index in [1.54, 1.807) is 0 Å². The maximum absolute atomic E-state index is 10.4. The Bertz CT molecular complexity index is 2300. The van der Waals surface area contributed by atoms with Gasteiger partial charge in [-0.05, 0) is 50.2 Å². The van der Waals surface area contributed by atoms with Crippen LogP contribution in [0.3, 0.4) is 0 Å². The topological polar surface area (TPSA) is 99.0 Å². The second kappa shape index (κ2) is 13.6. The average Bonchev–Trinajstić information content (AvgIpc) is 3.92. The van der Waals surface area contributed by atoms with Crippen LogP contribution in [0, 0.1) is 0 Å². The van der Waals surface area contributed by atoms with Crippen LogP contribution in [0.4, 0.5) is 0 Å². The molecule has 0 amide bonds. The molecule has 0 radical (unpaired) electrons. The number of benzene rings is 5. The van der Waals surface area contributed by atoms with Gasteiger partial charge in [0, 0.05) is 17.5 Å². The molecule has 8 aromatic rings. The lowest BCUT2D eigenvalue weighted by Gasteiger charge is -2.36. The van der Waals surface area contributed by atoms with Gasteiger partial charge in [0.05, 0.1) is 18.8 Å². The highest BCUT2D eigenvalue weighted by atomic mass is 16.3. The van der Waals surface area contributed by atoms with E-state index in [1.807, 2.05) is 44.3 Å². The van der Waals surface area contributed by atoms with E-state index in [9.17, 15) is 5.11 Å². The van der Waals surface area contributed by atoms with E-state index in [1.165, 1.54) is 0 Å². The Morgan fingerprint density at radius 3 is 1.76 bits per heavy atom. The highest BCUT2D eigenvalue weighted by molar-refractivity contribution is 5.81. The van der Waals surface area contributed by atoms with Crippen LogP contribution in [0.25, 0.3) is 28.2 Å². The second-order valence-corrected chi connectivity index (χ2v) is 12.6. The molecule has 0 spiro atoms. The number of fused-ring (bicyclic) bond motifs is 1. The Morgan fingerprint density at radius 1 is 0.647 bits per heavy atom. The molecule has 0 saturated heterocycles. The van der Waals surface area contributed by atoms with Crippen molar-refractivity contribution in [3.05, 3.63) is 179 Å². The summed E-state index contributed by atoms with van der Waals surface area (Å²) >= 11 is 0. The first kappa shape index (κ1) is 32.0. The summed E-state index contributed by atoms with van der Waals surface area (Å²) < 4.78 is 5.86. The summed E-state index contributed by atoms with van der Waals surface area (Å²) in [6.07, 6.45) is 1.52. The lowest BCUT2D eigenvalue weighted by Crippen LogP contribution is -2.39. The van der Waals surface area contributed by atoms with E-state index in [0.717, 1.165) is 74.5 Å². The number of nitrogens with zero attached hydrogens (tertiary/aromatic N) is 8. The van der Waals surface area contributed by atoms with Crippen molar-refractivity contribution in [2.45, 2.75) is 45.4 Å². The largest absolute Gasteiger partial charge is 0.390 e. The molecule has 8 rings (SSSR count). The molecule has 9 nitrogen and oxygen atoms in total. The van der Waals surface area contributed by atoms with Crippen molar-refractivity contribution in [2.24, 2.45) is 0 Å². The molecule has 1 N–H and O–H groups in total. The standard InChI is InChI=1S/C42H38N8O/c1-3-35-38(29-51)48(50-40(35)43-39(4-2)45-50)28-30-24-26-31(27-25-30)36-22-14-15-23-37(36)41-44-46-47-49(41)42(32-16-8-5-9-17-32,33-18-10-6-11-19-33)34-20-12-7-13-21-34/h5-27,51H,3-4,28-29H2,1-2H3. The summed E-state index contributed by atoms with van der Waals surface area (Å²) in [5.41, 5.74) is 9.02. The van der Waals surface area contributed by atoms with Crippen LogP contribution in [0.1, 0.15) is 53.2 Å². The Kier molecular flexibility index (Phi) is 8.55.